The van der Waals surface area contributed by atoms with Gasteiger partial charge in [0, 0.05) is 14.1 Å². The van der Waals surface area contributed by atoms with Crippen LogP contribution in [0.5, 0.6) is 11.5 Å². The lowest BCUT2D eigenvalue weighted by Gasteiger charge is -2.16. The number of rotatable bonds is 7. The van der Waals surface area contributed by atoms with Crippen LogP contribution in [0.4, 0.5) is 4.79 Å². The first kappa shape index (κ1) is 19.5. The van der Waals surface area contributed by atoms with Crippen LogP contribution in [0.1, 0.15) is 12.5 Å². The van der Waals surface area contributed by atoms with E-state index in [1.165, 1.54) is 11.1 Å². The fourth-order valence-electron chi connectivity index (χ4n) is 1.99. The fraction of sp³-hybridized carbons (Fsp3) is 0.375. The second-order valence-corrected chi connectivity index (χ2v) is 5.90. The zero-order valence-electron chi connectivity index (χ0n) is 14.6. The highest BCUT2D eigenvalue weighted by Gasteiger charge is 2.26. The van der Waals surface area contributed by atoms with Gasteiger partial charge in [0.1, 0.15) is 6.54 Å². The molecule has 2 rings (SSSR count). The van der Waals surface area contributed by atoms with E-state index in [1.54, 1.807) is 33.2 Å². The van der Waals surface area contributed by atoms with E-state index in [0.717, 1.165) is 5.01 Å². The van der Waals surface area contributed by atoms with Gasteiger partial charge in [-0.2, -0.15) is 5.10 Å². The number of ether oxygens (including phenoxy) is 2. The smallest absolute Gasteiger partial charge is 0.344 e. The summed E-state index contributed by atoms with van der Waals surface area (Å²) in [6, 6.07) is 2.58. The summed E-state index contributed by atoms with van der Waals surface area (Å²) >= 11 is 6.24. The summed E-state index contributed by atoms with van der Waals surface area (Å²) in [5, 5.41) is 7.30. The van der Waals surface area contributed by atoms with Gasteiger partial charge in [-0.05, 0) is 24.6 Å². The van der Waals surface area contributed by atoms with Crippen molar-refractivity contribution in [3.63, 3.8) is 0 Å². The van der Waals surface area contributed by atoms with E-state index in [-0.39, 0.29) is 29.8 Å². The van der Waals surface area contributed by atoms with Crippen molar-refractivity contribution in [3.8, 4) is 11.5 Å². The number of nitrogens with one attached hydrogen (secondary N) is 1. The summed E-state index contributed by atoms with van der Waals surface area (Å²) in [7, 11) is 3.24. The molecule has 1 fully saturated rings. The summed E-state index contributed by atoms with van der Waals surface area (Å²) in [6.45, 7) is 1.83. The first-order chi connectivity index (χ1) is 12.3. The van der Waals surface area contributed by atoms with Crippen LogP contribution in [0.2, 0.25) is 5.02 Å². The Balaban J connectivity index is 2.20. The maximum Gasteiger partial charge on any atom is 0.344 e. The van der Waals surface area contributed by atoms with Crippen LogP contribution in [0, 0.1) is 0 Å². The fourth-order valence-corrected chi connectivity index (χ4v) is 2.26. The van der Waals surface area contributed by atoms with E-state index < -0.39 is 11.9 Å². The number of hydrazone groups is 1. The molecule has 1 aliphatic heterocycles. The minimum atomic E-state index is -0.593. The molecule has 9 nitrogen and oxygen atoms in total. The Labute approximate surface area is 155 Å². The van der Waals surface area contributed by atoms with Gasteiger partial charge in [-0.3, -0.25) is 14.9 Å². The monoisotopic (exact) mass is 382 g/mol. The predicted molar refractivity (Wildman–Crippen MR) is 94.6 cm³/mol. The van der Waals surface area contributed by atoms with E-state index in [1.807, 2.05) is 0 Å². The molecule has 10 heteroatoms. The van der Waals surface area contributed by atoms with Crippen molar-refractivity contribution in [1.29, 1.82) is 0 Å². The molecule has 0 bridgehead atoms. The first-order valence-corrected chi connectivity index (χ1v) is 8.14. The number of urea groups is 1. The molecule has 1 saturated heterocycles. The number of imide groups is 1. The molecule has 1 heterocycles. The summed E-state index contributed by atoms with van der Waals surface area (Å²) < 4.78 is 11.0. The molecule has 0 saturated carbocycles. The van der Waals surface area contributed by atoms with Crippen molar-refractivity contribution in [3.05, 3.63) is 22.7 Å². The lowest BCUT2D eigenvalue weighted by atomic mass is 10.2. The molecule has 140 valence electrons. The van der Waals surface area contributed by atoms with Crippen LogP contribution >= 0.6 is 11.6 Å². The maximum atomic E-state index is 11.7. The number of hydrogen-bond acceptors (Lipinski definition) is 6. The van der Waals surface area contributed by atoms with E-state index in [0.29, 0.717) is 17.9 Å². The van der Waals surface area contributed by atoms with Crippen LogP contribution in [0.25, 0.3) is 0 Å². The zero-order valence-corrected chi connectivity index (χ0v) is 15.4. The average Bonchev–Trinajstić information content (AvgIpc) is 2.89. The SMILES string of the molecule is CCOc1cc(/C=N\N2CC(=O)NC2=O)cc(Cl)c1OCC(=O)N(C)C. The lowest BCUT2D eigenvalue weighted by Crippen LogP contribution is -2.27. The molecule has 26 heavy (non-hydrogen) atoms. The molecule has 1 aromatic carbocycles. The van der Waals surface area contributed by atoms with Gasteiger partial charge in [0.2, 0.25) is 5.91 Å². The molecule has 0 unspecified atom stereocenters. The van der Waals surface area contributed by atoms with Crippen molar-refractivity contribution in [2.24, 2.45) is 5.10 Å². The number of benzene rings is 1. The highest BCUT2D eigenvalue weighted by atomic mass is 35.5. The number of hydrogen-bond donors (Lipinski definition) is 1. The van der Waals surface area contributed by atoms with Crippen molar-refractivity contribution in [1.82, 2.24) is 15.2 Å². The summed E-state index contributed by atoms with van der Waals surface area (Å²) in [5.74, 6) is -0.0571. The third-order valence-corrected chi connectivity index (χ3v) is 3.57. The summed E-state index contributed by atoms with van der Waals surface area (Å²) in [4.78, 5) is 35.7. The Kier molecular flexibility index (Phi) is 6.40. The number of carbonyl (C=O) groups excluding carboxylic acids is 3. The average molecular weight is 383 g/mol. The molecule has 0 radical (unpaired) electrons. The number of nitrogens with zero attached hydrogens (tertiary/aromatic N) is 3. The van der Waals surface area contributed by atoms with Gasteiger partial charge in [-0.1, -0.05) is 11.6 Å². The van der Waals surface area contributed by atoms with Gasteiger partial charge < -0.3 is 14.4 Å². The van der Waals surface area contributed by atoms with Gasteiger partial charge in [0.25, 0.3) is 5.91 Å². The Morgan fingerprint density at radius 1 is 1.38 bits per heavy atom. The number of carbonyl (C=O) groups is 3. The molecule has 1 aliphatic rings. The largest absolute Gasteiger partial charge is 0.490 e. The second-order valence-electron chi connectivity index (χ2n) is 5.50. The number of likely N-dealkylation sites (N-methyl/N-ethyl adjacent to an activating group) is 1. The predicted octanol–water partition coefficient (Wildman–Crippen LogP) is 1.09. The van der Waals surface area contributed by atoms with Gasteiger partial charge in [0.05, 0.1) is 17.8 Å². The van der Waals surface area contributed by atoms with E-state index in [9.17, 15) is 14.4 Å². The first-order valence-electron chi connectivity index (χ1n) is 7.76. The minimum Gasteiger partial charge on any atom is -0.490 e. The van der Waals surface area contributed by atoms with Gasteiger partial charge in [0.15, 0.2) is 18.1 Å². The molecule has 0 atom stereocenters. The molecule has 1 aromatic rings. The number of amides is 4. The minimum absolute atomic E-state index is 0.144. The molecular weight excluding hydrogens is 364 g/mol. The van der Waals surface area contributed by atoms with Crippen molar-refractivity contribution in [2.75, 3.05) is 33.9 Å². The summed E-state index contributed by atoms with van der Waals surface area (Å²) in [5.41, 5.74) is 0.539. The third kappa shape index (κ3) is 4.85. The normalized spacial score (nSPS) is 13.9. The Hall–Kier alpha value is -2.81. The van der Waals surface area contributed by atoms with Crippen LogP contribution in [-0.2, 0) is 9.59 Å². The van der Waals surface area contributed by atoms with Crippen molar-refractivity contribution >= 4 is 35.7 Å². The third-order valence-electron chi connectivity index (χ3n) is 3.29. The van der Waals surface area contributed by atoms with E-state index >= 15 is 0 Å². The Bertz CT molecular complexity index is 750. The van der Waals surface area contributed by atoms with Crippen LogP contribution in [0.3, 0.4) is 0 Å². The maximum absolute atomic E-state index is 11.7. The van der Waals surface area contributed by atoms with Gasteiger partial charge in [-0.15, -0.1) is 0 Å². The summed E-state index contributed by atoms with van der Waals surface area (Å²) in [6.07, 6.45) is 1.38. The molecule has 4 amide bonds. The zero-order chi connectivity index (χ0) is 19.3. The van der Waals surface area contributed by atoms with Gasteiger partial charge in [-0.25, -0.2) is 9.80 Å². The Morgan fingerprint density at radius 2 is 2.12 bits per heavy atom. The van der Waals surface area contributed by atoms with E-state index in [4.69, 9.17) is 21.1 Å². The van der Waals surface area contributed by atoms with Crippen molar-refractivity contribution in [2.45, 2.75) is 6.92 Å². The highest BCUT2D eigenvalue weighted by molar-refractivity contribution is 6.32. The molecule has 0 aromatic heterocycles. The molecule has 1 N–H and O–H groups in total. The van der Waals surface area contributed by atoms with Crippen LogP contribution < -0.4 is 14.8 Å². The van der Waals surface area contributed by atoms with Crippen LogP contribution in [-0.4, -0.2) is 67.8 Å². The Morgan fingerprint density at radius 3 is 2.69 bits per heavy atom. The molecule has 0 aliphatic carbocycles. The quantitative estimate of drug-likeness (QED) is 0.562. The number of halogens is 1. The molecule has 0 spiro atoms. The van der Waals surface area contributed by atoms with E-state index in [2.05, 4.69) is 10.4 Å². The van der Waals surface area contributed by atoms with Gasteiger partial charge >= 0.3 is 6.03 Å². The van der Waals surface area contributed by atoms with Crippen molar-refractivity contribution < 1.29 is 23.9 Å². The standard InChI is InChI=1S/C16H19ClN4O5/c1-4-25-12-6-10(7-18-21-8-13(22)19-16(21)24)5-11(17)15(12)26-9-14(23)20(2)3/h5-7H,4,8-9H2,1-3H3,(H,19,22,24)/b18-7-. The lowest BCUT2D eigenvalue weighted by molar-refractivity contribution is -0.130. The topological polar surface area (TPSA) is 101 Å². The van der Waals surface area contributed by atoms with Crippen LogP contribution in [0.15, 0.2) is 17.2 Å². The second kappa shape index (κ2) is 8.52. The highest BCUT2D eigenvalue weighted by Crippen LogP contribution is 2.36. The molecular formula is C16H19ClN4O5.